The largest absolute Gasteiger partial charge is 0.457 e. The van der Waals surface area contributed by atoms with Gasteiger partial charge in [0.2, 0.25) is 0 Å². The summed E-state index contributed by atoms with van der Waals surface area (Å²) in [5.74, 6) is 3.36. The number of hydrogen-bond donors (Lipinski definition) is 0. The number of aryl methyl sites for hydroxylation is 2. The zero-order valence-electron chi connectivity index (χ0n) is 34.1. The number of fused-ring (bicyclic) bond motifs is 3. The summed E-state index contributed by atoms with van der Waals surface area (Å²) in [6.45, 7) is 27.8. The highest BCUT2D eigenvalue weighted by Gasteiger charge is 2.42. The van der Waals surface area contributed by atoms with Gasteiger partial charge in [-0.3, -0.25) is 4.57 Å². The van der Waals surface area contributed by atoms with Crippen LogP contribution in [0.1, 0.15) is 116 Å². The van der Waals surface area contributed by atoms with E-state index < -0.39 is 0 Å². The lowest BCUT2D eigenvalue weighted by atomic mass is 9.59. The Morgan fingerprint density at radius 3 is 2.21 bits per heavy atom. The topological polar surface area (TPSA) is 44.9 Å². The average molecular weight is 707 g/mol. The SMILES string of the molecule is CCc1ccnc(-n2c3ccccc3c3ccc(Oc4cc(-n5nc(C)c(C6C(C(C)(C)C)=CCC[C@@H]6C(C)(C)C)c5C)cc(C(C)(C)C)c4)cc32)c1. The van der Waals surface area contributed by atoms with E-state index in [2.05, 4.69) is 171 Å². The Labute approximate surface area is 317 Å². The van der Waals surface area contributed by atoms with Gasteiger partial charge in [0.1, 0.15) is 17.3 Å². The molecule has 5 nitrogen and oxygen atoms in total. The zero-order chi connectivity index (χ0) is 38.0. The fraction of sp³-hybridized carbons (Fsp3) is 0.417. The van der Waals surface area contributed by atoms with E-state index in [1.54, 1.807) is 5.57 Å². The number of aromatic nitrogens is 4. The second kappa shape index (κ2) is 13.3. The lowest BCUT2D eigenvalue weighted by Crippen LogP contribution is -2.34. The van der Waals surface area contributed by atoms with Crippen LogP contribution >= 0.6 is 0 Å². The number of benzene rings is 3. The van der Waals surface area contributed by atoms with E-state index in [4.69, 9.17) is 14.8 Å². The maximum absolute atomic E-state index is 6.85. The van der Waals surface area contributed by atoms with E-state index in [0.717, 1.165) is 52.6 Å². The number of nitrogens with zero attached hydrogens (tertiary/aromatic N) is 4. The first-order chi connectivity index (χ1) is 25.0. The van der Waals surface area contributed by atoms with Crippen molar-refractivity contribution in [3.8, 4) is 23.0 Å². The van der Waals surface area contributed by atoms with Crippen LogP contribution in [-0.2, 0) is 11.8 Å². The van der Waals surface area contributed by atoms with Gasteiger partial charge in [-0.1, -0.05) is 99.1 Å². The molecule has 0 fully saturated rings. The fourth-order valence-corrected chi connectivity index (χ4v) is 8.74. The molecule has 1 unspecified atom stereocenters. The molecule has 0 spiro atoms. The highest BCUT2D eigenvalue weighted by atomic mass is 16.5. The van der Waals surface area contributed by atoms with Crippen LogP contribution in [-0.4, -0.2) is 19.3 Å². The van der Waals surface area contributed by atoms with Crippen molar-refractivity contribution in [2.45, 2.75) is 114 Å². The summed E-state index contributed by atoms with van der Waals surface area (Å²) in [6.07, 6.45) is 7.73. The van der Waals surface area contributed by atoms with Crippen LogP contribution in [0.4, 0.5) is 0 Å². The molecule has 276 valence electrons. The molecule has 2 atom stereocenters. The van der Waals surface area contributed by atoms with E-state index in [9.17, 15) is 0 Å². The predicted molar refractivity (Wildman–Crippen MR) is 222 cm³/mol. The molecule has 0 saturated heterocycles. The quantitative estimate of drug-likeness (QED) is 0.162. The van der Waals surface area contributed by atoms with Gasteiger partial charge in [0.15, 0.2) is 0 Å². The monoisotopic (exact) mass is 706 g/mol. The van der Waals surface area contributed by atoms with E-state index in [0.29, 0.717) is 11.8 Å². The molecule has 0 aliphatic heterocycles. The molecule has 0 saturated carbocycles. The van der Waals surface area contributed by atoms with Gasteiger partial charge >= 0.3 is 0 Å². The maximum atomic E-state index is 6.85. The summed E-state index contributed by atoms with van der Waals surface area (Å²) < 4.78 is 11.3. The van der Waals surface area contributed by atoms with Crippen LogP contribution < -0.4 is 4.74 Å². The van der Waals surface area contributed by atoms with Gasteiger partial charge in [0, 0.05) is 46.3 Å². The second-order valence-electron chi connectivity index (χ2n) is 18.4. The van der Waals surface area contributed by atoms with Crippen molar-refractivity contribution < 1.29 is 4.74 Å². The third kappa shape index (κ3) is 6.84. The molecule has 0 bridgehead atoms. The molecule has 3 heterocycles. The molecular weight excluding hydrogens is 649 g/mol. The first-order valence-corrected chi connectivity index (χ1v) is 19.5. The highest BCUT2D eigenvalue weighted by molar-refractivity contribution is 6.09. The Morgan fingerprint density at radius 1 is 0.774 bits per heavy atom. The molecule has 53 heavy (non-hydrogen) atoms. The molecule has 7 rings (SSSR count). The molecule has 0 N–H and O–H groups in total. The smallest absolute Gasteiger partial charge is 0.137 e. The van der Waals surface area contributed by atoms with Gasteiger partial charge in [0.25, 0.3) is 0 Å². The maximum Gasteiger partial charge on any atom is 0.137 e. The standard InChI is InChI=1S/C48H58N4O/c1-13-32-23-24-49-43(25-32)51-41-20-15-14-17-37(41)38-22-21-35(29-42(38)51)53-36-27-33(46(4,5)6)26-34(28-36)52-31(3)44(30(2)50-52)45-39(47(7,8)9)18-16-19-40(45)48(10,11)12/h14-15,17-18,20-29,40,45H,13,16,19H2,1-12H3/t40-,45?/m0/s1. The Balaban J connectivity index is 1.35. The van der Waals surface area contributed by atoms with Crippen molar-refractivity contribution >= 4 is 21.8 Å². The molecule has 0 amide bonds. The van der Waals surface area contributed by atoms with E-state index in [1.807, 2.05) is 6.20 Å². The number of hydrogen-bond acceptors (Lipinski definition) is 3. The van der Waals surface area contributed by atoms with Gasteiger partial charge in [-0.05, 0) is 109 Å². The molecule has 0 radical (unpaired) electrons. The van der Waals surface area contributed by atoms with Gasteiger partial charge in [-0.2, -0.15) is 5.10 Å². The summed E-state index contributed by atoms with van der Waals surface area (Å²) in [4.78, 5) is 4.82. The Bertz CT molecular complexity index is 2350. The summed E-state index contributed by atoms with van der Waals surface area (Å²) in [6, 6.07) is 25.9. The highest BCUT2D eigenvalue weighted by Crippen LogP contribution is 2.53. The number of allylic oxidation sites excluding steroid dienone is 2. The first-order valence-electron chi connectivity index (χ1n) is 19.5. The van der Waals surface area contributed by atoms with Crippen LogP contribution in [0.5, 0.6) is 11.5 Å². The lowest BCUT2D eigenvalue weighted by molar-refractivity contribution is 0.180. The molecule has 3 aromatic carbocycles. The van der Waals surface area contributed by atoms with E-state index in [-0.39, 0.29) is 16.2 Å². The molecular formula is C48H58N4O. The van der Waals surface area contributed by atoms with Crippen LogP contribution in [0.25, 0.3) is 33.3 Å². The van der Waals surface area contributed by atoms with Crippen LogP contribution in [0, 0.1) is 30.6 Å². The third-order valence-corrected chi connectivity index (χ3v) is 11.5. The summed E-state index contributed by atoms with van der Waals surface area (Å²) >= 11 is 0. The summed E-state index contributed by atoms with van der Waals surface area (Å²) in [7, 11) is 0. The summed E-state index contributed by atoms with van der Waals surface area (Å²) in [5, 5.41) is 7.68. The molecule has 1 aliphatic carbocycles. The van der Waals surface area contributed by atoms with E-state index >= 15 is 0 Å². The van der Waals surface area contributed by atoms with Crippen LogP contribution in [0.2, 0.25) is 0 Å². The van der Waals surface area contributed by atoms with Crippen LogP contribution in [0.15, 0.2) is 90.6 Å². The van der Waals surface area contributed by atoms with Crippen molar-refractivity contribution in [2.75, 3.05) is 0 Å². The number of pyridine rings is 1. The minimum absolute atomic E-state index is 0.0738. The van der Waals surface area contributed by atoms with Crippen molar-refractivity contribution in [3.63, 3.8) is 0 Å². The third-order valence-electron chi connectivity index (χ3n) is 11.5. The molecule has 5 heteroatoms. The lowest BCUT2D eigenvalue weighted by Gasteiger charge is -2.45. The van der Waals surface area contributed by atoms with Gasteiger partial charge in [-0.15, -0.1) is 0 Å². The van der Waals surface area contributed by atoms with Crippen molar-refractivity contribution in [1.82, 2.24) is 19.3 Å². The number of ether oxygens (including phenoxy) is 1. The normalized spacial score (nSPS) is 17.1. The molecule has 1 aliphatic rings. The number of rotatable bonds is 6. The van der Waals surface area contributed by atoms with Gasteiger partial charge in [0.05, 0.1) is 22.4 Å². The first kappa shape index (κ1) is 36.7. The zero-order valence-corrected chi connectivity index (χ0v) is 34.1. The molecule has 3 aromatic heterocycles. The fourth-order valence-electron chi connectivity index (χ4n) is 8.74. The van der Waals surface area contributed by atoms with Crippen molar-refractivity contribution in [3.05, 3.63) is 119 Å². The minimum Gasteiger partial charge on any atom is -0.457 e. The Morgan fingerprint density at radius 2 is 1.51 bits per heavy atom. The average Bonchev–Trinajstić information content (AvgIpc) is 3.59. The van der Waals surface area contributed by atoms with Gasteiger partial charge in [-0.25, -0.2) is 9.67 Å². The van der Waals surface area contributed by atoms with Gasteiger partial charge < -0.3 is 4.74 Å². The molecule has 6 aromatic rings. The van der Waals surface area contributed by atoms with Crippen molar-refractivity contribution in [1.29, 1.82) is 0 Å². The van der Waals surface area contributed by atoms with Crippen molar-refractivity contribution in [2.24, 2.45) is 16.7 Å². The summed E-state index contributed by atoms with van der Waals surface area (Å²) in [5.41, 5.74) is 11.1. The second-order valence-corrected chi connectivity index (χ2v) is 18.4. The Hall–Kier alpha value is -4.64. The minimum atomic E-state index is -0.0950. The number of para-hydroxylation sites is 1. The Kier molecular flexibility index (Phi) is 9.24. The van der Waals surface area contributed by atoms with E-state index in [1.165, 1.54) is 39.6 Å². The predicted octanol–water partition coefficient (Wildman–Crippen LogP) is 13.1. The van der Waals surface area contributed by atoms with Crippen LogP contribution in [0.3, 0.4) is 0 Å².